The fourth-order valence-corrected chi connectivity index (χ4v) is 7.75. The number of rotatable bonds is 6. The molecule has 2 aliphatic heterocycles. The number of carbonyl (C=O) groups excluding carboxylic acids is 1. The quantitative estimate of drug-likeness (QED) is 0.321. The van der Waals surface area contributed by atoms with Gasteiger partial charge in [0.05, 0.1) is 11.8 Å². The van der Waals surface area contributed by atoms with Gasteiger partial charge in [0.25, 0.3) is 5.91 Å². The van der Waals surface area contributed by atoms with Gasteiger partial charge in [0, 0.05) is 28.8 Å². The summed E-state index contributed by atoms with van der Waals surface area (Å²) in [5.41, 5.74) is 1.76. The highest BCUT2D eigenvalue weighted by atomic mass is 19.4. The minimum absolute atomic E-state index is 0.148. The van der Waals surface area contributed by atoms with Gasteiger partial charge in [0.15, 0.2) is 0 Å². The molecular formula is C39H47F3N4O. The predicted octanol–water partition coefficient (Wildman–Crippen LogP) is 8.53. The van der Waals surface area contributed by atoms with Gasteiger partial charge in [0.1, 0.15) is 11.5 Å². The van der Waals surface area contributed by atoms with E-state index in [1.807, 2.05) is 18.3 Å². The fraction of sp³-hybridized carbons (Fsp3) is 0.538. The van der Waals surface area contributed by atoms with E-state index in [1.165, 1.54) is 6.07 Å². The molecule has 0 bridgehead atoms. The number of carbonyl (C=O) groups is 1. The average Bonchev–Trinajstić information content (AvgIpc) is 3.46. The van der Waals surface area contributed by atoms with Gasteiger partial charge in [-0.2, -0.15) is 13.2 Å². The third-order valence-corrected chi connectivity index (χ3v) is 11.2. The summed E-state index contributed by atoms with van der Waals surface area (Å²) in [5.74, 6) is 8.79. The second kappa shape index (κ2) is 13.5. The van der Waals surface area contributed by atoms with Crippen LogP contribution in [0.25, 0.3) is 6.08 Å². The van der Waals surface area contributed by atoms with E-state index < -0.39 is 17.6 Å². The molecule has 250 valence electrons. The minimum atomic E-state index is -4.50. The van der Waals surface area contributed by atoms with Crippen LogP contribution < -0.4 is 5.32 Å². The van der Waals surface area contributed by atoms with Crippen molar-refractivity contribution in [1.29, 1.82) is 0 Å². The maximum atomic E-state index is 14.2. The van der Waals surface area contributed by atoms with Crippen molar-refractivity contribution in [2.24, 2.45) is 29.1 Å². The summed E-state index contributed by atoms with van der Waals surface area (Å²) >= 11 is 0. The Morgan fingerprint density at radius 1 is 1.13 bits per heavy atom. The van der Waals surface area contributed by atoms with Crippen LogP contribution >= 0.6 is 0 Å². The molecule has 6 rings (SSSR count). The second-order valence-corrected chi connectivity index (χ2v) is 14.5. The first-order chi connectivity index (χ1) is 22.4. The molecule has 1 aromatic carbocycles. The van der Waals surface area contributed by atoms with Crippen LogP contribution in [0.2, 0.25) is 0 Å². The van der Waals surface area contributed by atoms with Crippen molar-refractivity contribution in [3.8, 4) is 11.8 Å². The number of anilines is 1. The van der Waals surface area contributed by atoms with Crippen LogP contribution in [-0.2, 0) is 23.9 Å². The van der Waals surface area contributed by atoms with Gasteiger partial charge >= 0.3 is 6.18 Å². The highest BCUT2D eigenvalue weighted by Crippen LogP contribution is 2.65. The number of allylic oxidation sites excluding steroid dienone is 3. The van der Waals surface area contributed by atoms with Gasteiger partial charge in [0.2, 0.25) is 0 Å². The molecule has 8 heteroatoms. The number of benzene rings is 1. The maximum absolute atomic E-state index is 14.2. The zero-order valence-corrected chi connectivity index (χ0v) is 28.1. The molecule has 0 spiro atoms. The van der Waals surface area contributed by atoms with Gasteiger partial charge in [-0.1, -0.05) is 51.3 Å². The number of aromatic nitrogens is 2. The van der Waals surface area contributed by atoms with Crippen LogP contribution in [0, 0.1) is 40.9 Å². The number of alkyl halides is 3. The van der Waals surface area contributed by atoms with Gasteiger partial charge in [-0.25, -0.2) is 4.98 Å². The van der Waals surface area contributed by atoms with E-state index in [0.29, 0.717) is 29.7 Å². The van der Waals surface area contributed by atoms with Crippen LogP contribution in [0.3, 0.4) is 0 Å². The van der Waals surface area contributed by atoms with E-state index in [2.05, 4.69) is 71.6 Å². The molecule has 5 unspecified atom stereocenters. The molecule has 5 atom stereocenters. The molecule has 2 aromatic rings. The smallest absolute Gasteiger partial charge is 0.322 e. The molecule has 1 amide bonds. The van der Waals surface area contributed by atoms with E-state index in [0.717, 1.165) is 87.7 Å². The number of amides is 1. The first-order valence-electron chi connectivity index (χ1n) is 17.3. The monoisotopic (exact) mass is 644 g/mol. The van der Waals surface area contributed by atoms with E-state index >= 15 is 0 Å². The Hall–Kier alpha value is -3.57. The third-order valence-electron chi connectivity index (χ3n) is 11.2. The summed E-state index contributed by atoms with van der Waals surface area (Å²) in [6, 6.07) is 4.23. The predicted molar refractivity (Wildman–Crippen MR) is 181 cm³/mol. The number of nitrogens with zero attached hydrogens (tertiary/aromatic N) is 3. The van der Waals surface area contributed by atoms with Crippen LogP contribution in [0.5, 0.6) is 0 Å². The summed E-state index contributed by atoms with van der Waals surface area (Å²) in [6.07, 6.45) is 12.8. The largest absolute Gasteiger partial charge is 0.416 e. The average molecular weight is 645 g/mol. The number of nitrogens with one attached hydrogen (secondary N) is 1. The lowest BCUT2D eigenvalue weighted by Crippen LogP contribution is -2.19. The summed E-state index contributed by atoms with van der Waals surface area (Å²) in [4.78, 5) is 20.4. The molecule has 1 saturated heterocycles. The fourth-order valence-electron chi connectivity index (χ4n) is 7.75. The molecule has 47 heavy (non-hydrogen) atoms. The number of halogens is 3. The highest BCUT2D eigenvalue weighted by molar-refractivity contribution is 6.06. The van der Waals surface area contributed by atoms with Gasteiger partial charge in [-0.3, -0.25) is 4.79 Å². The number of aryl methyl sites for hydroxylation is 1. The Kier molecular flexibility index (Phi) is 9.58. The molecule has 1 N–H and O–H groups in total. The lowest BCUT2D eigenvalue weighted by Gasteiger charge is -2.19. The molecule has 5 nitrogen and oxygen atoms in total. The van der Waals surface area contributed by atoms with Crippen molar-refractivity contribution >= 4 is 17.7 Å². The van der Waals surface area contributed by atoms with Crippen LogP contribution in [0.1, 0.15) is 88.4 Å². The van der Waals surface area contributed by atoms with E-state index in [-0.39, 0.29) is 22.6 Å². The van der Waals surface area contributed by atoms with Crippen molar-refractivity contribution in [2.75, 3.05) is 25.5 Å². The Balaban J connectivity index is 1.16. The van der Waals surface area contributed by atoms with Crippen LogP contribution in [0.15, 0.2) is 53.8 Å². The van der Waals surface area contributed by atoms with Crippen molar-refractivity contribution in [1.82, 2.24) is 14.5 Å². The minimum Gasteiger partial charge on any atom is -0.322 e. The van der Waals surface area contributed by atoms with Crippen molar-refractivity contribution in [3.63, 3.8) is 0 Å². The summed E-state index contributed by atoms with van der Waals surface area (Å²) < 4.78 is 44.7. The lowest BCUT2D eigenvalue weighted by atomic mass is 9.88. The highest BCUT2D eigenvalue weighted by Gasteiger charge is 2.60. The molecule has 4 aliphatic rings. The maximum Gasteiger partial charge on any atom is 0.416 e. The van der Waals surface area contributed by atoms with Crippen molar-refractivity contribution in [3.05, 3.63) is 76.4 Å². The molecule has 1 aromatic heterocycles. The number of fused-ring (bicyclic) bond motifs is 2. The van der Waals surface area contributed by atoms with Gasteiger partial charge in [-0.15, -0.1) is 0 Å². The lowest BCUT2D eigenvalue weighted by molar-refractivity contribution is -0.138. The SMILES string of the molecule is CC1CC=Cc2ncc(C#CC3=CC(C(=O)Nc4ccc(CCCC5CCCN(C)CC5)c(C(F)(F)F)c4)=CC4C(C)C34C)n2CC1. The molecule has 3 heterocycles. The van der Waals surface area contributed by atoms with E-state index in [4.69, 9.17) is 0 Å². The van der Waals surface area contributed by atoms with E-state index in [1.54, 1.807) is 6.07 Å². The van der Waals surface area contributed by atoms with Gasteiger partial charge in [-0.05, 0) is 125 Å². The van der Waals surface area contributed by atoms with E-state index in [9.17, 15) is 18.0 Å². The van der Waals surface area contributed by atoms with Crippen LogP contribution in [-0.4, -0.2) is 40.5 Å². The Morgan fingerprint density at radius 3 is 2.77 bits per heavy atom. The Labute approximate surface area is 277 Å². The molecular weight excluding hydrogens is 597 g/mol. The Morgan fingerprint density at radius 2 is 1.96 bits per heavy atom. The standard InChI is InChI=1S/C39H47F3N4O/c1-26-8-5-12-36-43-25-33(46(36)21-17-26)16-14-31-22-30(23-34-27(2)38(31,34)3)37(47)44-32-15-13-29(35(24-32)39(40,41)42)11-6-9-28-10-7-19-45(4)20-18-28/h5,12-13,15,22-28,34H,6-11,17-21H2,1-4H3,(H,44,47). The zero-order chi connectivity index (χ0) is 33.3. The van der Waals surface area contributed by atoms with Crippen molar-refractivity contribution in [2.45, 2.75) is 84.9 Å². The first-order valence-corrected chi connectivity index (χ1v) is 17.3. The molecule has 1 saturated carbocycles. The number of imidazole rings is 1. The topological polar surface area (TPSA) is 50.2 Å². The second-order valence-electron chi connectivity index (χ2n) is 14.5. The molecule has 2 fully saturated rings. The first kappa shape index (κ1) is 33.3. The summed E-state index contributed by atoms with van der Waals surface area (Å²) in [7, 11) is 2.13. The normalized spacial score (nSPS) is 27.6. The molecule has 0 radical (unpaired) electrons. The third kappa shape index (κ3) is 7.31. The zero-order valence-electron chi connectivity index (χ0n) is 28.1. The Bertz CT molecular complexity index is 1650. The number of hydrogen-bond donors (Lipinski definition) is 1. The van der Waals surface area contributed by atoms with Crippen molar-refractivity contribution < 1.29 is 18.0 Å². The summed E-state index contributed by atoms with van der Waals surface area (Å²) in [5, 5.41) is 2.76. The number of likely N-dealkylation sites (tertiary alicyclic amines) is 1. The molecule has 2 aliphatic carbocycles. The summed E-state index contributed by atoms with van der Waals surface area (Å²) in [6.45, 7) is 9.56. The number of hydrogen-bond acceptors (Lipinski definition) is 3. The van der Waals surface area contributed by atoms with Gasteiger partial charge < -0.3 is 14.8 Å². The van der Waals surface area contributed by atoms with Crippen LogP contribution in [0.4, 0.5) is 18.9 Å².